The molecule has 5 heteroatoms. The van der Waals surface area contributed by atoms with Crippen LogP contribution in [0.5, 0.6) is 0 Å². The zero-order chi connectivity index (χ0) is 16.7. The summed E-state index contributed by atoms with van der Waals surface area (Å²) in [5.74, 6) is 0.491. The Hall–Kier alpha value is -1.62. The lowest BCUT2D eigenvalue weighted by molar-refractivity contribution is 0.0135. The molecule has 1 aromatic rings. The Morgan fingerprint density at radius 3 is 2.96 bits per heavy atom. The van der Waals surface area contributed by atoms with E-state index in [4.69, 9.17) is 9.47 Å². The van der Waals surface area contributed by atoms with E-state index in [-0.39, 0.29) is 6.09 Å². The normalized spacial score (nSPS) is 18.7. The summed E-state index contributed by atoms with van der Waals surface area (Å²) in [4.78, 5) is 18.0. The Bertz CT molecular complexity index is 485. The lowest BCUT2D eigenvalue weighted by Crippen LogP contribution is -2.43. The largest absolute Gasteiger partial charge is 0.444 e. The number of carbonyl (C=O) groups excluding carboxylic acids is 1. The number of aromatic nitrogens is 1. The van der Waals surface area contributed by atoms with Gasteiger partial charge in [0, 0.05) is 32.1 Å². The zero-order valence-corrected chi connectivity index (χ0v) is 14.5. The number of hydrogen-bond donors (Lipinski definition) is 0. The van der Waals surface area contributed by atoms with Gasteiger partial charge in [0.15, 0.2) is 0 Å². The summed E-state index contributed by atoms with van der Waals surface area (Å²) in [7, 11) is 0. The van der Waals surface area contributed by atoms with Gasteiger partial charge in [-0.1, -0.05) is 6.07 Å². The Balaban J connectivity index is 1.68. The molecule has 1 aromatic heterocycles. The van der Waals surface area contributed by atoms with Crippen LogP contribution in [0.15, 0.2) is 24.5 Å². The van der Waals surface area contributed by atoms with Crippen LogP contribution in [0, 0.1) is 5.92 Å². The monoisotopic (exact) mass is 320 g/mol. The van der Waals surface area contributed by atoms with Crippen LogP contribution >= 0.6 is 0 Å². The number of carbonyl (C=O) groups is 1. The molecule has 0 N–H and O–H groups in total. The second-order valence-corrected chi connectivity index (χ2v) is 7.14. The molecule has 2 heterocycles. The fourth-order valence-electron chi connectivity index (χ4n) is 2.72. The van der Waals surface area contributed by atoms with Crippen molar-refractivity contribution in [2.75, 3.05) is 19.7 Å². The van der Waals surface area contributed by atoms with E-state index >= 15 is 0 Å². The van der Waals surface area contributed by atoms with Crippen molar-refractivity contribution in [1.82, 2.24) is 9.88 Å². The summed E-state index contributed by atoms with van der Waals surface area (Å²) >= 11 is 0. The number of likely N-dealkylation sites (tertiary alicyclic amines) is 1. The predicted octanol–water partition coefficient (Wildman–Crippen LogP) is 3.64. The summed E-state index contributed by atoms with van der Waals surface area (Å²) in [6.07, 6.45) is 6.54. The van der Waals surface area contributed by atoms with E-state index in [1.54, 1.807) is 6.20 Å². The average molecular weight is 320 g/mol. The summed E-state index contributed by atoms with van der Waals surface area (Å²) < 4.78 is 11.2. The number of piperidine rings is 1. The molecule has 1 unspecified atom stereocenters. The highest BCUT2D eigenvalue weighted by atomic mass is 16.6. The van der Waals surface area contributed by atoms with Gasteiger partial charge in [-0.15, -0.1) is 0 Å². The molecule has 0 aliphatic carbocycles. The minimum Gasteiger partial charge on any atom is -0.444 e. The van der Waals surface area contributed by atoms with Gasteiger partial charge in [0.05, 0.1) is 6.61 Å². The van der Waals surface area contributed by atoms with Crippen LogP contribution in [0.1, 0.15) is 45.6 Å². The van der Waals surface area contributed by atoms with Gasteiger partial charge in [0.1, 0.15) is 5.60 Å². The number of rotatable bonds is 5. The molecule has 1 saturated heterocycles. The van der Waals surface area contributed by atoms with Crippen molar-refractivity contribution in [2.45, 2.75) is 52.2 Å². The molecule has 0 spiro atoms. The highest BCUT2D eigenvalue weighted by molar-refractivity contribution is 5.68. The molecule has 0 radical (unpaired) electrons. The molecular formula is C18H28N2O3. The van der Waals surface area contributed by atoms with Gasteiger partial charge in [0.25, 0.3) is 0 Å². The van der Waals surface area contributed by atoms with Gasteiger partial charge in [-0.3, -0.25) is 4.98 Å². The van der Waals surface area contributed by atoms with Crippen molar-refractivity contribution in [3.05, 3.63) is 30.1 Å². The van der Waals surface area contributed by atoms with Crippen LogP contribution in [-0.4, -0.2) is 41.3 Å². The van der Waals surface area contributed by atoms with Gasteiger partial charge in [0.2, 0.25) is 0 Å². The van der Waals surface area contributed by atoms with Crippen molar-refractivity contribution >= 4 is 6.09 Å². The highest BCUT2D eigenvalue weighted by Gasteiger charge is 2.27. The average Bonchev–Trinajstić information content (AvgIpc) is 2.51. The molecule has 2 rings (SSSR count). The third-order valence-electron chi connectivity index (χ3n) is 3.83. The molecule has 1 aliphatic rings. The molecule has 23 heavy (non-hydrogen) atoms. The molecule has 5 nitrogen and oxygen atoms in total. The molecule has 1 atom stereocenters. The summed E-state index contributed by atoms with van der Waals surface area (Å²) in [6.45, 7) is 8.57. The van der Waals surface area contributed by atoms with E-state index in [0.717, 1.165) is 37.9 Å². The van der Waals surface area contributed by atoms with Crippen molar-refractivity contribution < 1.29 is 14.3 Å². The van der Waals surface area contributed by atoms with E-state index in [1.165, 1.54) is 0 Å². The summed E-state index contributed by atoms with van der Waals surface area (Å²) in [5, 5.41) is 0. The Labute approximate surface area is 139 Å². The van der Waals surface area contributed by atoms with Crippen molar-refractivity contribution in [1.29, 1.82) is 0 Å². The fraction of sp³-hybridized carbons (Fsp3) is 0.667. The van der Waals surface area contributed by atoms with Crippen molar-refractivity contribution in [3.63, 3.8) is 0 Å². The molecule has 1 fully saturated rings. The van der Waals surface area contributed by atoms with Crippen molar-refractivity contribution in [2.24, 2.45) is 5.92 Å². The van der Waals surface area contributed by atoms with Gasteiger partial charge < -0.3 is 14.4 Å². The van der Waals surface area contributed by atoms with Crippen LogP contribution in [0.25, 0.3) is 0 Å². The first-order valence-corrected chi connectivity index (χ1v) is 8.38. The second-order valence-electron chi connectivity index (χ2n) is 7.14. The van der Waals surface area contributed by atoms with E-state index in [2.05, 4.69) is 4.98 Å². The SMILES string of the molecule is CC(C)(C)OC(=O)N1CCCC(CCOCc2cccnc2)C1. The van der Waals surface area contributed by atoms with Crippen LogP contribution < -0.4 is 0 Å². The Kier molecular flexibility index (Phi) is 6.39. The Morgan fingerprint density at radius 1 is 1.43 bits per heavy atom. The van der Waals surface area contributed by atoms with E-state index in [0.29, 0.717) is 19.1 Å². The molecule has 0 bridgehead atoms. The minimum atomic E-state index is -0.434. The summed E-state index contributed by atoms with van der Waals surface area (Å²) in [5.41, 5.74) is 0.656. The standard InChI is InChI=1S/C18H28N2O3/c1-18(2,3)23-17(21)20-10-5-7-15(13-20)8-11-22-14-16-6-4-9-19-12-16/h4,6,9,12,15H,5,7-8,10-11,13-14H2,1-3H3. The topological polar surface area (TPSA) is 51.7 Å². The van der Waals surface area contributed by atoms with Gasteiger partial charge in [-0.25, -0.2) is 4.79 Å². The molecule has 1 aliphatic heterocycles. The molecular weight excluding hydrogens is 292 g/mol. The molecule has 1 amide bonds. The Morgan fingerprint density at radius 2 is 2.26 bits per heavy atom. The van der Waals surface area contributed by atoms with Gasteiger partial charge in [-0.05, 0) is 57.6 Å². The molecule has 128 valence electrons. The number of nitrogens with zero attached hydrogens (tertiary/aromatic N) is 2. The zero-order valence-electron chi connectivity index (χ0n) is 14.5. The smallest absolute Gasteiger partial charge is 0.410 e. The van der Waals surface area contributed by atoms with E-state index in [9.17, 15) is 4.79 Å². The number of pyridine rings is 1. The maximum absolute atomic E-state index is 12.1. The number of ether oxygens (including phenoxy) is 2. The number of amides is 1. The van der Waals surface area contributed by atoms with Crippen LogP contribution in [0.2, 0.25) is 0 Å². The first kappa shape index (κ1) is 17.7. The van der Waals surface area contributed by atoms with Crippen molar-refractivity contribution in [3.8, 4) is 0 Å². The lowest BCUT2D eigenvalue weighted by atomic mass is 9.95. The number of hydrogen-bond acceptors (Lipinski definition) is 4. The van der Waals surface area contributed by atoms with E-state index < -0.39 is 5.60 Å². The van der Waals surface area contributed by atoms with Gasteiger partial charge in [-0.2, -0.15) is 0 Å². The maximum Gasteiger partial charge on any atom is 0.410 e. The van der Waals surface area contributed by atoms with E-state index in [1.807, 2.05) is 44.0 Å². The lowest BCUT2D eigenvalue weighted by Gasteiger charge is -2.34. The third-order valence-corrected chi connectivity index (χ3v) is 3.83. The van der Waals surface area contributed by atoms with Gasteiger partial charge >= 0.3 is 6.09 Å². The quantitative estimate of drug-likeness (QED) is 0.777. The maximum atomic E-state index is 12.1. The highest BCUT2D eigenvalue weighted by Crippen LogP contribution is 2.21. The van der Waals surface area contributed by atoms with Crippen LogP contribution in [-0.2, 0) is 16.1 Å². The molecule has 0 saturated carbocycles. The minimum absolute atomic E-state index is 0.196. The van der Waals surface area contributed by atoms with Crippen LogP contribution in [0.3, 0.4) is 0 Å². The first-order valence-electron chi connectivity index (χ1n) is 8.38. The summed E-state index contributed by atoms with van der Waals surface area (Å²) in [6, 6.07) is 3.93. The van der Waals surface area contributed by atoms with Crippen LogP contribution in [0.4, 0.5) is 4.79 Å². The fourth-order valence-corrected chi connectivity index (χ4v) is 2.72. The molecule has 0 aromatic carbocycles. The second kappa shape index (κ2) is 8.29. The first-order chi connectivity index (χ1) is 10.9. The predicted molar refractivity (Wildman–Crippen MR) is 89.0 cm³/mol. The third kappa shape index (κ3) is 6.57.